The molecule has 0 saturated heterocycles. The fourth-order valence-corrected chi connectivity index (χ4v) is 4.10. The molecule has 0 bridgehead atoms. The number of likely N-dealkylation sites (N-methyl/N-ethyl adjacent to an activating group) is 1. The smallest absolute Gasteiger partial charge is 0.254 e. The summed E-state index contributed by atoms with van der Waals surface area (Å²) >= 11 is 0. The average molecular weight is 432 g/mol. The molecule has 1 aliphatic heterocycles. The third kappa shape index (κ3) is 3.87. The van der Waals surface area contributed by atoms with E-state index in [1.54, 1.807) is 54.9 Å². The molecular formula is C24H24N4O4. The Kier molecular flexibility index (Phi) is 6.02. The van der Waals surface area contributed by atoms with E-state index in [1.165, 1.54) is 14.2 Å². The van der Waals surface area contributed by atoms with Crippen LogP contribution in [-0.4, -0.2) is 47.9 Å². The Morgan fingerprint density at radius 1 is 1.06 bits per heavy atom. The Morgan fingerprint density at radius 3 is 2.38 bits per heavy atom. The molecule has 164 valence electrons. The van der Waals surface area contributed by atoms with Crippen LogP contribution in [0, 0.1) is 0 Å². The Morgan fingerprint density at radius 2 is 1.75 bits per heavy atom. The summed E-state index contributed by atoms with van der Waals surface area (Å²) in [5, 5.41) is 3.00. The molecule has 8 heteroatoms. The lowest BCUT2D eigenvalue weighted by atomic mass is 9.79. The Labute approximate surface area is 186 Å². The summed E-state index contributed by atoms with van der Waals surface area (Å²) in [7, 11) is 4.73. The van der Waals surface area contributed by atoms with Crippen LogP contribution in [0.5, 0.6) is 11.5 Å². The first-order valence-electron chi connectivity index (χ1n) is 10.1. The number of nitrogens with one attached hydrogen (secondary N) is 1. The van der Waals surface area contributed by atoms with Gasteiger partial charge in [0.2, 0.25) is 5.91 Å². The molecule has 2 amide bonds. The van der Waals surface area contributed by atoms with Gasteiger partial charge in [0, 0.05) is 43.9 Å². The number of fused-ring (bicyclic) bond motifs is 1. The zero-order valence-corrected chi connectivity index (χ0v) is 18.1. The summed E-state index contributed by atoms with van der Waals surface area (Å²) in [6.07, 6.45) is 6.73. The lowest BCUT2D eigenvalue weighted by Crippen LogP contribution is -2.45. The fraction of sp³-hybridized carbons (Fsp3) is 0.250. The first-order valence-corrected chi connectivity index (χ1v) is 10.1. The Hall–Kier alpha value is -3.94. The average Bonchev–Trinajstić information content (AvgIpc) is 2.84. The van der Waals surface area contributed by atoms with Crippen molar-refractivity contribution < 1.29 is 19.1 Å². The van der Waals surface area contributed by atoms with Gasteiger partial charge in [0.15, 0.2) is 11.5 Å². The molecule has 3 aromatic rings. The number of carbonyl (C=O) groups excluding carboxylic acids is 2. The lowest BCUT2D eigenvalue weighted by Gasteiger charge is -2.39. The van der Waals surface area contributed by atoms with E-state index in [4.69, 9.17) is 9.47 Å². The van der Waals surface area contributed by atoms with Gasteiger partial charge in [-0.2, -0.15) is 0 Å². The molecule has 3 heterocycles. The minimum atomic E-state index is -0.673. The molecule has 1 N–H and O–H groups in total. The van der Waals surface area contributed by atoms with Crippen LogP contribution in [0.25, 0.3) is 0 Å². The topological polar surface area (TPSA) is 93.7 Å². The highest BCUT2D eigenvalue weighted by Crippen LogP contribution is 2.45. The number of nitrogens with zero attached hydrogens (tertiary/aromatic N) is 3. The Balaban J connectivity index is 1.80. The van der Waals surface area contributed by atoms with Crippen molar-refractivity contribution in [3.05, 3.63) is 83.4 Å². The van der Waals surface area contributed by atoms with Gasteiger partial charge in [-0.15, -0.1) is 0 Å². The molecule has 0 saturated carbocycles. The molecule has 8 nitrogen and oxygen atoms in total. The molecule has 0 radical (unpaired) electrons. The van der Waals surface area contributed by atoms with Gasteiger partial charge in [-0.1, -0.05) is 12.1 Å². The molecule has 2 aromatic heterocycles. The number of rotatable bonds is 6. The molecular weight excluding hydrogens is 408 g/mol. The van der Waals surface area contributed by atoms with Gasteiger partial charge in [-0.3, -0.25) is 19.6 Å². The number of ether oxygens (including phenoxy) is 2. The van der Waals surface area contributed by atoms with Gasteiger partial charge in [0.1, 0.15) is 0 Å². The van der Waals surface area contributed by atoms with E-state index in [0.29, 0.717) is 29.2 Å². The highest BCUT2D eigenvalue weighted by molar-refractivity contribution is 6.02. The SMILES string of the molecule is COc1cc2c(cc1OC)[C@@H](C(=O)NCc1cccnc1)[C@@H](c1cccnc1)N(C)C2=O. The first-order chi connectivity index (χ1) is 15.5. The van der Waals surface area contributed by atoms with Crippen LogP contribution >= 0.6 is 0 Å². The highest BCUT2D eigenvalue weighted by Gasteiger charge is 2.43. The second kappa shape index (κ2) is 9.05. The molecule has 2 atom stereocenters. The van der Waals surface area contributed by atoms with Gasteiger partial charge in [-0.25, -0.2) is 0 Å². The minimum absolute atomic E-state index is 0.203. The summed E-state index contributed by atoms with van der Waals surface area (Å²) in [5.41, 5.74) is 2.65. The van der Waals surface area contributed by atoms with Crippen LogP contribution in [0.1, 0.15) is 39.0 Å². The van der Waals surface area contributed by atoms with Crippen LogP contribution < -0.4 is 14.8 Å². The number of pyridine rings is 2. The monoisotopic (exact) mass is 432 g/mol. The summed E-state index contributed by atoms with van der Waals surface area (Å²) in [6, 6.07) is 10.2. The predicted octanol–water partition coefficient (Wildman–Crippen LogP) is 2.72. The standard InChI is InChI=1S/C24H24N4O4/c1-28-22(16-7-5-9-26-14-16)21(23(29)27-13-15-6-4-8-25-12-15)17-10-19(31-2)20(32-3)11-18(17)24(28)30/h4-12,14,21-22H,13H2,1-3H3,(H,27,29)/t21-,22-/m1/s1. The molecule has 1 aromatic carbocycles. The Bertz CT molecular complexity index is 1120. The lowest BCUT2D eigenvalue weighted by molar-refractivity contribution is -0.124. The van der Waals surface area contributed by atoms with Gasteiger partial charge in [0.25, 0.3) is 5.91 Å². The number of methoxy groups -OCH3 is 2. The van der Waals surface area contributed by atoms with Crippen molar-refractivity contribution in [1.82, 2.24) is 20.2 Å². The third-order valence-electron chi connectivity index (χ3n) is 5.67. The van der Waals surface area contributed by atoms with Gasteiger partial charge in [-0.05, 0) is 41.0 Å². The van der Waals surface area contributed by atoms with E-state index < -0.39 is 12.0 Å². The normalized spacial score (nSPS) is 17.5. The number of hydrogen-bond acceptors (Lipinski definition) is 6. The van der Waals surface area contributed by atoms with Crippen molar-refractivity contribution in [3.8, 4) is 11.5 Å². The van der Waals surface area contributed by atoms with Gasteiger partial charge >= 0.3 is 0 Å². The number of hydrogen-bond donors (Lipinski definition) is 1. The van der Waals surface area contributed by atoms with E-state index >= 15 is 0 Å². The molecule has 4 rings (SSSR count). The van der Waals surface area contributed by atoms with Crippen LogP contribution in [-0.2, 0) is 11.3 Å². The fourth-order valence-electron chi connectivity index (χ4n) is 4.10. The van der Waals surface area contributed by atoms with Gasteiger partial charge in [0.05, 0.1) is 26.2 Å². The van der Waals surface area contributed by atoms with E-state index in [-0.39, 0.29) is 11.8 Å². The molecule has 0 fully saturated rings. The zero-order valence-electron chi connectivity index (χ0n) is 18.1. The molecule has 32 heavy (non-hydrogen) atoms. The van der Waals surface area contributed by atoms with Crippen LogP contribution in [0.15, 0.2) is 61.2 Å². The van der Waals surface area contributed by atoms with Crippen LogP contribution in [0.3, 0.4) is 0 Å². The number of aromatic nitrogens is 2. The summed E-state index contributed by atoms with van der Waals surface area (Å²) in [6.45, 7) is 0.323. The molecule has 0 unspecified atom stereocenters. The van der Waals surface area contributed by atoms with Crippen LogP contribution in [0.4, 0.5) is 0 Å². The van der Waals surface area contributed by atoms with Crippen molar-refractivity contribution in [2.45, 2.75) is 18.5 Å². The largest absolute Gasteiger partial charge is 0.493 e. The summed E-state index contributed by atoms with van der Waals surface area (Å²) in [5.74, 6) is -0.198. The molecule has 1 aliphatic rings. The second-order valence-electron chi connectivity index (χ2n) is 7.50. The maximum absolute atomic E-state index is 13.6. The predicted molar refractivity (Wildman–Crippen MR) is 117 cm³/mol. The molecule has 0 aliphatic carbocycles. The number of carbonyl (C=O) groups is 2. The van der Waals surface area contributed by atoms with E-state index in [0.717, 1.165) is 11.1 Å². The van der Waals surface area contributed by atoms with Crippen molar-refractivity contribution in [3.63, 3.8) is 0 Å². The minimum Gasteiger partial charge on any atom is -0.493 e. The zero-order chi connectivity index (χ0) is 22.7. The second-order valence-corrected chi connectivity index (χ2v) is 7.50. The van der Waals surface area contributed by atoms with Gasteiger partial charge < -0.3 is 19.7 Å². The summed E-state index contributed by atoms with van der Waals surface area (Å²) in [4.78, 5) is 36.7. The number of amides is 2. The molecule has 0 spiro atoms. The van der Waals surface area contributed by atoms with E-state index in [1.807, 2.05) is 18.2 Å². The number of benzene rings is 1. The van der Waals surface area contributed by atoms with Crippen molar-refractivity contribution in [1.29, 1.82) is 0 Å². The highest BCUT2D eigenvalue weighted by atomic mass is 16.5. The van der Waals surface area contributed by atoms with Crippen molar-refractivity contribution in [2.24, 2.45) is 0 Å². The van der Waals surface area contributed by atoms with Crippen LogP contribution in [0.2, 0.25) is 0 Å². The van der Waals surface area contributed by atoms with Crippen molar-refractivity contribution >= 4 is 11.8 Å². The first kappa shape index (κ1) is 21.3. The van der Waals surface area contributed by atoms with E-state index in [9.17, 15) is 9.59 Å². The van der Waals surface area contributed by atoms with E-state index in [2.05, 4.69) is 15.3 Å². The third-order valence-corrected chi connectivity index (χ3v) is 5.67. The van der Waals surface area contributed by atoms with Crippen molar-refractivity contribution in [2.75, 3.05) is 21.3 Å². The maximum Gasteiger partial charge on any atom is 0.254 e. The maximum atomic E-state index is 13.6. The summed E-state index contributed by atoms with van der Waals surface area (Å²) < 4.78 is 10.8. The quantitative estimate of drug-likeness (QED) is 0.644.